The molecule has 0 atom stereocenters. The molecule has 0 radical (unpaired) electrons. The second kappa shape index (κ2) is 7.08. The highest BCUT2D eigenvalue weighted by Crippen LogP contribution is 2.28. The van der Waals surface area contributed by atoms with Crippen molar-refractivity contribution in [3.63, 3.8) is 0 Å². The second-order valence-corrected chi connectivity index (χ2v) is 8.70. The minimum Gasteiger partial charge on any atom is -0.302 e. The quantitative estimate of drug-likeness (QED) is 0.428. The van der Waals surface area contributed by atoms with Crippen molar-refractivity contribution in [2.45, 2.75) is 18.6 Å². The third kappa shape index (κ3) is 3.34. The Kier molecular flexibility index (Phi) is 5.12. The number of thioether (sulfide) groups is 1. The first-order valence-electron chi connectivity index (χ1n) is 6.57. The number of nitrogens with zero attached hydrogens (tertiary/aromatic N) is 3. The monoisotopic (exact) mass is 413 g/mol. The second-order valence-electron chi connectivity index (χ2n) is 4.34. The third-order valence-electron chi connectivity index (χ3n) is 2.96. The first kappa shape index (κ1) is 15.9. The van der Waals surface area contributed by atoms with Crippen molar-refractivity contribution in [3.8, 4) is 10.7 Å². The molecule has 3 rings (SSSR count). The molecule has 3 heterocycles. The molecule has 3 aromatic rings. The van der Waals surface area contributed by atoms with Crippen LogP contribution in [0.1, 0.15) is 16.6 Å². The molecule has 0 aromatic carbocycles. The molecule has 0 N–H and O–H groups in total. The summed E-state index contributed by atoms with van der Waals surface area (Å²) in [6.45, 7) is 2.84. The van der Waals surface area contributed by atoms with Crippen molar-refractivity contribution in [2.75, 3.05) is 5.75 Å². The van der Waals surface area contributed by atoms with E-state index in [1.54, 1.807) is 11.3 Å². The van der Waals surface area contributed by atoms with E-state index < -0.39 is 0 Å². The van der Waals surface area contributed by atoms with Crippen LogP contribution in [0.4, 0.5) is 0 Å². The van der Waals surface area contributed by atoms with Crippen LogP contribution in [-0.4, -0.2) is 26.3 Å². The number of Topliss-reactive ketones (excluding diaryl/α,β-unsaturated/α-hetero) is 1. The summed E-state index contributed by atoms with van der Waals surface area (Å²) in [5.74, 6) is 1.35. The third-order valence-corrected chi connectivity index (χ3v) is 6.45. The highest BCUT2D eigenvalue weighted by Gasteiger charge is 2.16. The van der Waals surface area contributed by atoms with Crippen LogP contribution >= 0.6 is 50.4 Å². The van der Waals surface area contributed by atoms with Crippen LogP contribution in [0.15, 0.2) is 38.6 Å². The molecular formula is C14H12BrN3OS3. The summed E-state index contributed by atoms with van der Waals surface area (Å²) in [6.07, 6.45) is 0. The van der Waals surface area contributed by atoms with E-state index in [0.717, 1.165) is 31.1 Å². The Labute approximate surface area is 148 Å². The molecule has 0 aliphatic rings. The zero-order chi connectivity index (χ0) is 15.5. The van der Waals surface area contributed by atoms with E-state index in [2.05, 4.69) is 33.1 Å². The lowest BCUT2D eigenvalue weighted by Gasteiger charge is -2.05. The largest absolute Gasteiger partial charge is 0.302 e. The molecular weight excluding hydrogens is 402 g/mol. The highest BCUT2D eigenvalue weighted by atomic mass is 79.9. The maximum atomic E-state index is 12.2. The van der Waals surface area contributed by atoms with Gasteiger partial charge in [-0.3, -0.25) is 4.79 Å². The normalized spacial score (nSPS) is 11.0. The number of halogens is 1. The minimum atomic E-state index is 0.115. The molecule has 114 valence electrons. The fourth-order valence-electron chi connectivity index (χ4n) is 1.93. The predicted octanol–water partition coefficient (Wildman–Crippen LogP) is 4.83. The Hall–Kier alpha value is -0.960. The van der Waals surface area contributed by atoms with Crippen LogP contribution in [0.2, 0.25) is 0 Å². The van der Waals surface area contributed by atoms with E-state index >= 15 is 0 Å². The summed E-state index contributed by atoms with van der Waals surface area (Å²) >= 11 is 7.91. The van der Waals surface area contributed by atoms with Gasteiger partial charge in [-0.2, -0.15) is 0 Å². The topological polar surface area (TPSA) is 47.8 Å². The van der Waals surface area contributed by atoms with Crippen molar-refractivity contribution in [1.29, 1.82) is 0 Å². The van der Waals surface area contributed by atoms with Gasteiger partial charge >= 0.3 is 0 Å². The van der Waals surface area contributed by atoms with Gasteiger partial charge in [0.05, 0.1) is 19.3 Å². The lowest BCUT2D eigenvalue weighted by molar-refractivity contribution is 0.102. The minimum absolute atomic E-state index is 0.115. The number of thiophene rings is 2. The SMILES string of the molecule is CCn1c(SCC(=O)c2ccc(Br)s2)nnc1-c1cccs1. The molecule has 4 nitrogen and oxygen atoms in total. The first-order chi connectivity index (χ1) is 10.7. The van der Waals surface area contributed by atoms with E-state index in [4.69, 9.17) is 0 Å². The van der Waals surface area contributed by atoms with Gasteiger partial charge in [0.2, 0.25) is 0 Å². The molecule has 22 heavy (non-hydrogen) atoms. The van der Waals surface area contributed by atoms with Gasteiger partial charge in [-0.25, -0.2) is 0 Å². The van der Waals surface area contributed by atoms with Gasteiger partial charge in [0.15, 0.2) is 16.8 Å². The number of carbonyl (C=O) groups excluding carboxylic acids is 1. The number of hydrogen-bond acceptors (Lipinski definition) is 6. The highest BCUT2D eigenvalue weighted by molar-refractivity contribution is 9.11. The van der Waals surface area contributed by atoms with Crippen LogP contribution in [-0.2, 0) is 6.54 Å². The summed E-state index contributed by atoms with van der Waals surface area (Å²) in [5.41, 5.74) is 0. The van der Waals surface area contributed by atoms with Gasteiger partial charge in [-0.15, -0.1) is 32.9 Å². The number of hydrogen-bond donors (Lipinski definition) is 0. The zero-order valence-corrected chi connectivity index (χ0v) is 15.7. The van der Waals surface area contributed by atoms with E-state index in [0.29, 0.717) is 5.75 Å². The van der Waals surface area contributed by atoms with Crippen LogP contribution in [0, 0.1) is 0 Å². The maximum absolute atomic E-state index is 12.2. The molecule has 0 amide bonds. The average Bonchev–Trinajstić information content (AvgIpc) is 3.24. The molecule has 3 aromatic heterocycles. The molecule has 0 aliphatic carbocycles. The fraction of sp³-hybridized carbons (Fsp3) is 0.214. The van der Waals surface area contributed by atoms with Crippen LogP contribution in [0.25, 0.3) is 10.7 Å². The van der Waals surface area contributed by atoms with Gasteiger partial charge in [0, 0.05) is 6.54 Å². The van der Waals surface area contributed by atoms with Crippen molar-refractivity contribution < 1.29 is 4.79 Å². The Balaban J connectivity index is 1.74. The number of aromatic nitrogens is 3. The molecule has 0 aliphatic heterocycles. The summed E-state index contributed by atoms with van der Waals surface area (Å²) in [7, 11) is 0. The standard InChI is InChI=1S/C14H12BrN3OS3/c1-2-18-13(11-4-3-7-20-11)16-17-14(18)21-8-9(19)10-5-6-12(15)22-10/h3-7H,2,8H2,1H3. The molecule has 0 spiro atoms. The Morgan fingerprint density at radius 1 is 1.36 bits per heavy atom. The van der Waals surface area contributed by atoms with Crippen molar-refractivity contribution in [1.82, 2.24) is 14.8 Å². The van der Waals surface area contributed by atoms with Crippen LogP contribution in [0.3, 0.4) is 0 Å². The van der Waals surface area contributed by atoms with Crippen molar-refractivity contribution in [3.05, 3.63) is 38.3 Å². The summed E-state index contributed by atoms with van der Waals surface area (Å²) in [6, 6.07) is 7.77. The van der Waals surface area contributed by atoms with E-state index in [9.17, 15) is 4.79 Å². The maximum Gasteiger partial charge on any atom is 0.191 e. The van der Waals surface area contributed by atoms with Gasteiger partial charge in [-0.05, 0) is 46.4 Å². The molecule has 0 saturated heterocycles. The number of rotatable bonds is 6. The molecule has 0 saturated carbocycles. The van der Waals surface area contributed by atoms with E-state index in [1.807, 2.05) is 34.2 Å². The smallest absolute Gasteiger partial charge is 0.191 e. The van der Waals surface area contributed by atoms with Crippen molar-refractivity contribution >= 4 is 56.1 Å². The van der Waals surface area contributed by atoms with E-state index in [1.165, 1.54) is 23.1 Å². The molecule has 8 heteroatoms. The lowest BCUT2D eigenvalue weighted by Crippen LogP contribution is -2.03. The average molecular weight is 414 g/mol. The molecule has 0 fully saturated rings. The fourth-order valence-corrected chi connectivity index (χ4v) is 4.95. The molecule has 0 unspecified atom stereocenters. The number of ketones is 1. The summed E-state index contributed by atoms with van der Waals surface area (Å²) in [4.78, 5) is 14.0. The van der Waals surface area contributed by atoms with Crippen LogP contribution < -0.4 is 0 Å². The Morgan fingerprint density at radius 3 is 2.86 bits per heavy atom. The molecule has 0 bridgehead atoms. The number of carbonyl (C=O) groups is 1. The van der Waals surface area contributed by atoms with Crippen molar-refractivity contribution in [2.24, 2.45) is 0 Å². The van der Waals surface area contributed by atoms with Crippen LogP contribution in [0.5, 0.6) is 0 Å². The lowest BCUT2D eigenvalue weighted by atomic mass is 10.4. The summed E-state index contributed by atoms with van der Waals surface area (Å²) < 4.78 is 3.02. The van der Waals surface area contributed by atoms with Gasteiger partial charge < -0.3 is 4.57 Å². The van der Waals surface area contributed by atoms with Gasteiger partial charge in [0.1, 0.15) is 0 Å². The summed E-state index contributed by atoms with van der Waals surface area (Å²) in [5, 5.41) is 11.3. The van der Waals surface area contributed by atoms with Gasteiger partial charge in [-0.1, -0.05) is 17.8 Å². The predicted molar refractivity (Wildman–Crippen MR) is 96.1 cm³/mol. The van der Waals surface area contributed by atoms with Gasteiger partial charge in [0.25, 0.3) is 0 Å². The Morgan fingerprint density at radius 2 is 2.23 bits per heavy atom. The van der Waals surface area contributed by atoms with E-state index in [-0.39, 0.29) is 5.78 Å². The first-order valence-corrected chi connectivity index (χ1v) is 10.0. The zero-order valence-electron chi connectivity index (χ0n) is 11.7. The Bertz CT molecular complexity index is 779.